The van der Waals surface area contributed by atoms with Gasteiger partial charge in [0.2, 0.25) is 0 Å². The average molecular weight is 466 g/mol. The smallest absolute Gasteiger partial charge is 0.266 e. The maximum atomic E-state index is 13.0. The number of para-hydroxylation sites is 1. The lowest BCUT2D eigenvalue weighted by atomic mass is 9.96. The Hall–Kier alpha value is -4.41. The minimum Gasteiger partial charge on any atom is -0.398 e. The zero-order valence-corrected chi connectivity index (χ0v) is 19.3. The first-order valence-electron chi connectivity index (χ1n) is 11.5. The van der Waals surface area contributed by atoms with E-state index in [4.69, 9.17) is 5.73 Å². The van der Waals surface area contributed by atoms with E-state index in [1.54, 1.807) is 29.2 Å². The molecule has 1 fully saturated rings. The van der Waals surface area contributed by atoms with Crippen LogP contribution in [-0.2, 0) is 4.79 Å². The summed E-state index contributed by atoms with van der Waals surface area (Å²) in [5.41, 5.74) is 8.71. The van der Waals surface area contributed by atoms with E-state index >= 15 is 0 Å². The number of nitriles is 1. The van der Waals surface area contributed by atoms with Crippen LogP contribution in [0.25, 0.3) is 0 Å². The molecule has 3 N–H and O–H groups in total. The van der Waals surface area contributed by atoms with Gasteiger partial charge in [-0.25, -0.2) is 0 Å². The minimum absolute atomic E-state index is 0.0799. The van der Waals surface area contributed by atoms with E-state index in [-0.39, 0.29) is 17.2 Å². The number of piperazine rings is 1. The lowest BCUT2D eigenvalue weighted by molar-refractivity contribution is -0.128. The van der Waals surface area contributed by atoms with Crippen LogP contribution in [0, 0.1) is 11.3 Å². The lowest BCUT2D eigenvalue weighted by Gasteiger charge is -2.39. The predicted octanol–water partition coefficient (Wildman–Crippen LogP) is 3.34. The molecule has 1 aliphatic rings. The fraction of sp³-hybridized carbons (Fsp3) is 0.179. The molecule has 3 aromatic carbocycles. The molecule has 3 aromatic rings. The third-order valence-electron chi connectivity index (χ3n) is 6.10. The van der Waals surface area contributed by atoms with Gasteiger partial charge in [0.15, 0.2) is 0 Å². The number of nitrogens with two attached hydrogens (primary N) is 1. The number of carbonyl (C=O) groups is 2. The van der Waals surface area contributed by atoms with E-state index in [2.05, 4.69) is 34.5 Å². The van der Waals surface area contributed by atoms with Crippen molar-refractivity contribution in [2.75, 3.05) is 31.9 Å². The molecular formula is C28H27N5O2. The number of nitrogens with one attached hydrogen (secondary N) is 1. The lowest BCUT2D eigenvalue weighted by Crippen LogP contribution is -2.50. The molecule has 0 saturated carbocycles. The highest BCUT2D eigenvalue weighted by molar-refractivity contribution is 6.01. The second-order valence-electron chi connectivity index (χ2n) is 8.28. The number of hydrogen-bond acceptors (Lipinski definition) is 5. The van der Waals surface area contributed by atoms with Crippen LogP contribution in [0.15, 0.2) is 96.7 Å². The predicted molar refractivity (Wildman–Crippen MR) is 135 cm³/mol. The summed E-state index contributed by atoms with van der Waals surface area (Å²) in [4.78, 5) is 29.4. The first kappa shape index (κ1) is 23.7. The zero-order chi connectivity index (χ0) is 24.6. The molecule has 0 aromatic heterocycles. The average Bonchev–Trinajstić information content (AvgIpc) is 2.91. The van der Waals surface area contributed by atoms with Crippen molar-refractivity contribution >= 4 is 17.5 Å². The topological polar surface area (TPSA) is 102 Å². The molecular weight excluding hydrogens is 438 g/mol. The van der Waals surface area contributed by atoms with Crippen molar-refractivity contribution in [3.8, 4) is 6.07 Å². The van der Waals surface area contributed by atoms with E-state index < -0.39 is 11.8 Å². The van der Waals surface area contributed by atoms with Gasteiger partial charge in [0, 0.05) is 38.1 Å². The van der Waals surface area contributed by atoms with Crippen molar-refractivity contribution < 1.29 is 9.59 Å². The van der Waals surface area contributed by atoms with Crippen molar-refractivity contribution in [3.05, 3.63) is 113 Å². The molecule has 0 radical (unpaired) electrons. The molecule has 4 rings (SSSR count). The van der Waals surface area contributed by atoms with Gasteiger partial charge in [0.25, 0.3) is 11.8 Å². The fourth-order valence-electron chi connectivity index (χ4n) is 4.30. The van der Waals surface area contributed by atoms with E-state index in [1.165, 1.54) is 17.3 Å². The summed E-state index contributed by atoms with van der Waals surface area (Å²) in [6.45, 7) is 2.28. The standard InChI is InChI=1S/C28H27N5O2/c29-19-23(20-31-27(34)24-13-7-8-14-25(24)30)28(35)33-17-15-32(16-18-33)26(21-9-3-1-4-10-21)22-11-5-2-6-12-22/h1-14,20,26H,15-18,30H2,(H,31,34)/b23-20-. The van der Waals surface area contributed by atoms with Gasteiger partial charge in [-0.2, -0.15) is 5.26 Å². The number of nitrogens with zero attached hydrogens (tertiary/aromatic N) is 3. The molecule has 2 amide bonds. The van der Waals surface area contributed by atoms with E-state index in [9.17, 15) is 14.9 Å². The molecule has 0 atom stereocenters. The molecule has 35 heavy (non-hydrogen) atoms. The molecule has 0 spiro atoms. The van der Waals surface area contributed by atoms with Crippen LogP contribution >= 0.6 is 0 Å². The summed E-state index contributed by atoms with van der Waals surface area (Å²) in [5, 5.41) is 12.1. The van der Waals surface area contributed by atoms with Crippen LogP contribution in [-0.4, -0.2) is 47.8 Å². The second-order valence-corrected chi connectivity index (χ2v) is 8.28. The summed E-state index contributed by atoms with van der Waals surface area (Å²) >= 11 is 0. The number of carbonyl (C=O) groups excluding carboxylic acids is 2. The van der Waals surface area contributed by atoms with Gasteiger partial charge in [0.1, 0.15) is 11.6 Å². The Balaban J connectivity index is 1.43. The van der Waals surface area contributed by atoms with Gasteiger partial charge in [-0.05, 0) is 23.3 Å². The maximum absolute atomic E-state index is 13.0. The Morgan fingerprint density at radius 3 is 1.94 bits per heavy atom. The van der Waals surface area contributed by atoms with Crippen molar-refractivity contribution in [3.63, 3.8) is 0 Å². The molecule has 7 heteroatoms. The summed E-state index contributed by atoms with van der Waals surface area (Å²) in [6.07, 6.45) is 1.17. The van der Waals surface area contributed by atoms with E-state index in [0.29, 0.717) is 31.9 Å². The third kappa shape index (κ3) is 5.57. The van der Waals surface area contributed by atoms with Crippen molar-refractivity contribution in [2.24, 2.45) is 0 Å². The highest BCUT2D eigenvalue weighted by Gasteiger charge is 2.29. The second kappa shape index (κ2) is 11.1. The van der Waals surface area contributed by atoms with Crippen LogP contribution in [0.3, 0.4) is 0 Å². The molecule has 0 unspecified atom stereocenters. The first-order chi connectivity index (χ1) is 17.1. The largest absolute Gasteiger partial charge is 0.398 e. The number of benzene rings is 3. The normalized spacial score (nSPS) is 14.4. The van der Waals surface area contributed by atoms with Crippen LogP contribution in [0.4, 0.5) is 5.69 Å². The molecule has 0 aliphatic carbocycles. The summed E-state index contributed by atoms with van der Waals surface area (Å²) in [7, 11) is 0. The van der Waals surface area contributed by atoms with Crippen LogP contribution in [0.5, 0.6) is 0 Å². The van der Waals surface area contributed by atoms with Gasteiger partial charge < -0.3 is 16.0 Å². The summed E-state index contributed by atoms with van der Waals surface area (Å²) in [5.74, 6) is -0.869. The molecule has 1 heterocycles. The molecule has 176 valence electrons. The van der Waals surface area contributed by atoms with Crippen molar-refractivity contribution in [1.82, 2.24) is 15.1 Å². The summed E-state index contributed by atoms with van der Waals surface area (Å²) < 4.78 is 0. The van der Waals surface area contributed by atoms with E-state index in [1.807, 2.05) is 42.5 Å². The Labute approximate surface area is 205 Å². The summed E-state index contributed by atoms with van der Waals surface area (Å²) in [6, 6.07) is 29.2. The van der Waals surface area contributed by atoms with Gasteiger partial charge in [0.05, 0.1) is 11.6 Å². The minimum atomic E-state index is -0.470. The fourth-order valence-corrected chi connectivity index (χ4v) is 4.30. The zero-order valence-electron chi connectivity index (χ0n) is 19.3. The Kier molecular flexibility index (Phi) is 7.56. The number of anilines is 1. The number of hydrogen-bond donors (Lipinski definition) is 2. The highest BCUT2D eigenvalue weighted by atomic mass is 16.2. The van der Waals surface area contributed by atoms with E-state index in [0.717, 1.165) is 0 Å². The van der Waals surface area contributed by atoms with Gasteiger partial charge in [-0.3, -0.25) is 14.5 Å². The number of nitrogen functional groups attached to an aromatic ring is 1. The monoisotopic (exact) mass is 465 g/mol. The van der Waals surface area contributed by atoms with Crippen LogP contribution < -0.4 is 11.1 Å². The SMILES string of the molecule is N#C/C(=C/NC(=O)c1ccccc1N)C(=O)N1CCN(C(c2ccccc2)c2ccccc2)CC1. The van der Waals surface area contributed by atoms with Gasteiger partial charge >= 0.3 is 0 Å². The quantitative estimate of drug-likeness (QED) is 0.330. The van der Waals surface area contributed by atoms with Gasteiger partial charge in [-0.15, -0.1) is 0 Å². The Bertz CT molecular complexity index is 1200. The third-order valence-corrected chi connectivity index (χ3v) is 6.10. The Morgan fingerprint density at radius 1 is 0.857 bits per heavy atom. The maximum Gasteiger partial charge on any atom is 0.266 e. The van der Waals surface area contributed by atoms with Crippen molar-refractivity contribution in [2.45, 2.75) is 6.04 Å². The number of rotatable bonds is 6. The first-order valence-corrected chi connectivity index (χ1v) is 11.5. The van der Waals surface area contributed by atoms with Crippen LogP contribution in [0.2, 0.25) is 0 Å². The highest BCUT2D eigenvalue weighted by Crippen LogP contribution is 2.29. The Morgan fingerprint density at radius 2 is 1.40 bits per heavy atom. The van der Waals surface area contributed by atoms with Crippen molar-refractivity contribution in [1.29, 1.82) is 5.26 Å². The molecule has 0 bridgehead atoms. The number of amides is 2. The van der Waals surface area contributed by atoms with Gasteiger partial charge in [-0.1, -0.05) is 72.8 Å². The molecule has 1 aliphatic heterocycles. The van der Waals surface area contributed by atoms with Crippen LogP contribution in [0.1, 0.15) is 27.5 Å². The molecule has 7 nitrogen and oxygen atoms in total. The molecule has 1 saturated heterocycles.